The van der Waals surface area contributed by atoms with Crippen LogP contribution in [0.4, 0.5) is 4.79 Å². The Bertz CT molecular complexity index is 516. The van der Waals surface area contributed by atoms with Crippen LogP contribution in [-0.4, -0.2) is 64.9 Å². The number of aromatic nitrogens is 2. The molecule has 0 aromatic carbocycles. The molecular weight excluding hydrogens is 314 g/mol. The van der Waals surface area contributed by atoms with Crippen LogP contribution in [0.2, 0.25) is 0 Å². The minimum absolute atomic E-state index is 0.136. The first-order valence-electron chi connectivity index (χ1n) is 9.83. The predicted octanol–water partition coefficient (Wildman–Crippen LogP) is 2.43. The number of hydrogen-bond acceptors (Lipinski definition) is 3. The molecular formula is C19H33N5O. The van der Waals surface area contributed by atoms with Gasteiger partial charge in [0, 0.05) is 38.1 Å². The van der Waals surface area contributed by atoms with Gasteiger partial charge in [0.25, 0.3) is 0 Å². The van der Waals surface area contributed by atoms with Crippen LogP contribution in [0.1, 0.15) is 39.0 Å². The van der Waals surface area contributed by atoms with Crippen molar-refractivity contribution >= 4 is 6.03 Å². The number of urea groups is 1. The number of nitrogens with one attached hydrogen (secondary N) is 1. The van der Waals surface area contributed by atoms with Crippen LogP contribution in [0.5, 0.6) is 0 Å². The van der Waals surface area contributed by atoms with E-state index in [1.807, 2.05) is 28.0 Å². The van der Waals surface area contributed by atoms with Crippen LogP contribution in [-0.2, 0) is 6.54 Å². The van der Waals surface area contributed by atoms with E-state index in [1.165, 1.54) is 12.8 Å². The van der Waals surface area contributed by atoms with Gasteiger partial charge in [0.05, 0.1) is 0 Å². The lowest BCUT2D eigenvalue weighted by molar-refractivity contribution is 0.151. The number of aryl methyl sites for hydroxylation is 1. The van der Waals surface area contributed by atoms with Crippen molar-refractivity contribution in [2.24, 2.45) is 11.8 Å². The topological polar surface area (TPSA) is 53.4 Å². The third-order valence-electron chi connectivity index (χ3n) is 6.05. The second kappa shape index (κ2) is 8.70. The maximum absolute atomic E-state index is 12.6. The number of rotatable bonds is 5. The first-order chi connectivity index (χ1) is 12.1. The third kappa shape index (κ3) is 5.21. The Morgan fingerprint density at radius 1 is 1.20 bits per heavy atom. The summed E-state index contributed by atoms with van der Waals surface area (Å²) in [4.78, 5) is 16.9. The summed E-state index contributed by atoms with van der Waals surface area (Å²) in [6, 6.07) is 2.38. The van der Waals surface area contributed by atoms with E-state index in [9.17, 15) is 4.79 Å². The number of piperidine rings is 2. The van der Waals surface area contributed by atoms with E-state index in [4.69, 9.17) is 0 Å². The molecule has 0 radical (unpaired) electrons. The smallest absolute Gasteiger partial charge is 0.317 e. The molecule has 1 aromatic rings. The van der Waals surface area contributed by atoms with Crippen LogP contribution in [0.3, 0.4) is 0 Å². The van der Waals surface area contributed by atoms with Gasteiger partial charge in [-0.25, -0.2) is 4.79 Å². The zero-order valence-corrected chi connectivity index (χ0v) is 15.7. The Labute approximate surface area is 151 Å². The molecule has 3 heterocycles. The minimum atomic E-state index is 0.136. The van der Waals surface area contributed by atoms with Crippen LogP contribution >= 0.6 is 0 Å². The highest BCUT2D eigenvalue weighted by Crippen LogP contribution is 2.22. The van der Waals surface area contributed by atoms with Crippen molar-refractivity contribution in [3.63, 3.8) is 0 Å². The fourth-order valence-electron chi connectivity index (χ4n) is 4.10. The monoisotopic (exact) mass is 347 g/mol. The van der Waals surface area contributed by atoms with Crippen LogP contribution < -0.4 is 5.32 Å². The highest BCUT2D eigenvalue weighted by Gasteiger charge is 2.27. The number of hydrogen-bond donors (Lipinski definition) is 1. The van der Waals surface area contributed by atoms with Gasteiger partial charge in [-0.05, 0) is 77.1 Å². The summed E-state index contributed by atoms with van der Waals surface area (Å²) in [5.41, 5.74) is 0. The zero-order chi connectivity index (χ0) is 17.6. The first-order valence-corrected chi connectivity index (χ1v) is 9.83. The van der Waals surface area contributed by atoms with E-state index >= 15 is 0 Å². The van der Waals surface area contributed by atoms with Crippen molar-refractivity contribution in [2.45, 2.75) is 51.6 Å². The van der Waals surface area contributed by atoms with E-state index in [-0.39, 0.29) is 12.1 Å². The van der Waals surface area contributed by atoms with Crippen LogP contribution in [0.15, 0.2) is 18.5 Å². The summed E-state index contributed by atoms with van der Waals surface area (Å²) in [5, 5.41) is 7.52. The van der Waals surface area contributed by atoms with Gasteiger partial charge in [0.2, 0.25) is 0 Å². The lowest BCUT2D eigenvalue weighted by atomic mass is 9.90. The fraction of sp³-hybridized carbons (Fsp3) is 0.789. The van der Waals surface area contributed by atoms with E-state index < -0.39 is 0 Å². The summed E-state index contributed by atoms with van der Waals surface area (Å²) in [5.74, 6) is 1.33. The second-order valence-corrected chi connectivity index (χ2v) is 7.87. The molecule has 2 aliphatic heterocycles. The Balaban J connectivity index is 1.36. The molecule has 1 atom stereocenters. The fourth-order valence-corrected chi connectivity index (χ4v) is 4.10. The Hall–Kier alpha value is -1.56. The number of carbonyl (C=O) groups excluding carboxylic acids is 1. The molecule has 0 unspecified atom stereocenters. The quantitative estimate of drug-likeness (QED) is 0.890. The molecule has 25 heavy (non-hydrogen) atoms. The summed E-state index contributed by atoms with van der Waals surface area (Å²) >= 11 is 0. The zero-order valence-electron chi connectivity index (χ0n) is 15.7. The van der Waals surface area contributed by atoms with Crippen molar-refractivity contribution in [1.82, 2.24) is 24.9 Å². The average Bonchev–Trinajstić information content (AvgIpc) is 3.14. The molecule has 2 aliphatic rings. The minimum Gasteiger partial charge on any atom is -0.335 e. The summed E-state index contributed by atoms with van der Waals surface area (Å²) in [6.07, 6.45) is 9.60. The summed E-state index contributed by atoms with van der Waals surface area (Å²) in [6.45, 7) is 7.21. The van der Waals surface area contributed by atoms with E-state index in [0.717, 1.165) is 52.0 Å². The summed E-state index contributed by atoms with van der Waals surface area (Å²) < 4.78 is 2.00. The Kier molecular flexibility index (Phi) is 6.34. The molecule has 2 amide bonds. The van der Waals surface area contributed by atoms with E-state index in [1.54, 1.807) is 0 Å². The van der Waals surface area contributed by atoms with Gasteiger partial charge in [-0.3, -0.25) is 4.68 Å². The van der Waals surface area contributed by atoms with Gasteiger partial charge in [-0.15, -0.1) is 0 Å². The van der Waals surface area contributed by atoms with Gasteiger partial charge in [0.1, 0.15) is 0 Å². The second-order valence-electron chi connectivity index (χ2n) is 7.87. The lowest BCUT2D eigenvalue weighted by Crippen LogP contribution is -2.50. The van der Waals surface area contributed by atoms with E-state index in [0.29, 0.717) is 11.8 Å². The number of likely N-dealkylation sites (tertiary alicyclic amines) is 2. The number of carbonyl (C=O) groups is 1. The molecule has 0 aliphatic carbocycles. The maximum atomic E-state index is 12.6. The highest BCUT2D eigenvalue weighted by molar-refractivity contribution is 5.74. The SMILES string of the molecule is C[C@H](NC(=O)N1CCC(CCn2cccn2)CC1)C1CCN(C)CC1. The van der Waals surface area contributed by atoms with Crippen molar-refractivity contribution in [2.75, 3.05) is 33.2 Å². The molecule has 3 rings (SSSR count). The van der Waals surface area contributed by atoms with Gasteiger partial charge >= 0.3 is 6.03 Å². The van der Waals surface area contributed by atoms with Crippen molar-refractivity contribution < 1.29 is 4.79 Å². The average molecular weight is 348 g/mol. The molecule has 0 bridgehead atoms. The van der Waals surface area contributed by atoms with Crippen molar-refractivity contribution in [1.29, 1.82) is 0 Å². The standard InChI is InChI=1S/C19H33N5O/c1-16(18-7-11-22(2)12-8-18)21-19(25)23-13-4-17(5-14-23)6-15-24-10-3-9-20-24/h3,9-10,16-18H,4-8,11-15H2,1-2H3,(H,21,25)/t16-/m0/s1. The first kappa shape index (κ1) is 18.2. The van der Waals surface area contributed by atoms with Gasteiger partial charge in [-0.1, -0.05) is 0 Å². The van der Waals surface area contributed by atoms with Crippen LogP contribution in [0, 0.1) is 11.8 Å². The molecule has 2 fully saturated rings. The largest absolute Gasteiger partial charge is 0.335 e. The number of amides is 2. The Morgan fingerprint density at radius 3 is 2.56 bits per heavy atom. The van der Waals surface area contributed by atoms with Crippen molar-refractivity contribution in [3.8, 4) is 0 Å². The lowest BCUT2D eigenvalue weighted by Gasteiger charge is -2.36. The molecule has 1 N–H and O–H groups in total. The Morgan fingerprint density at radius 2 is 1.92 bits per heavy atom. The third-order valence-corrected chi connectivity index (χ3v) is 6.05. The molecule has 6 nitrogen and oxygen atoms in total. The summed E-state index contributed by atoms with van der Waals surface area (Å²) in [7, 11) is 2.18. The normalized spacial score (nSPS) is 22.1. The number of nitrogens with zero attached hydrogens (tertiary/aromatic N) is 4. The van der Waals surface area contributed by atoms with E-state index in [2.05, 4.69) is 29.3 Å². The molecule has 0 saturated carbocycles. The van der Waals surface area contributed by atoms with Crippen molar-refractivity contribution in [3.05, 3.63) is 18.5 Å². The maximum Gasteiger partial charge on any atom is 0.317 e. The highest BCUT2D eigenvalue weighted by atomic mass is 16.2. The van der Waals surface area contributed by atoms with Gasteiger partial charge in [-0.2, -0.15) is 5.10 Å². The van der Waals surface area contributed by atoms with Gasteiger partial charge in [0.15, 0.2) is 0 Å². The molecule has 2 saturated heterocycles. The molecule has 6 heteroatoms. The molecule has 0 spiro atoms. The van der Waals surface area contributed by atoms with Crippen LogP contribution in [0.25, 0.3) is 0 Å². The predicted molar refractivity (Wildman–Crippen MR) is 99.4 cm³/mol. The molecule has 1 aromatic heterocycles. The molecule has 140 valence electrons. The van der Waals surface area contributed by atoms with Gasteiger partial charge < -0.3 is 15.1 Å².